The maximum Gasteiger partial charge on any atom is 0.420 e. The van der Waals surface area contributed by atoms with Crippen molar-refractivity contribution in [2.24, 2.45) is 0 Å². The second-order valence-electron chi connectivity index (χ2n) is 9.31. The molecule has 0 aliphatic heterocycles. The van der Waals surface area contributed by atoms with Crippen molar-refractivity contribution >= 4 is 11.4 Å². The fourth-order valence-electron chi connectivity index (χ4n) is 4.41. The summed E-state index contributed by atoms with van der Waals surface area (Å²) in [7, 11) is 0. The quantitative estimate of drug-likeness (QED) is 0.155. The molecule has 10 heteroatoms. The summed E-state index contributed by atoms with van der Waals surface area (Å²) >= 11 is 0. The van der Waals surface area contributed by atoms with Crippen molar-refractivity contribution in [3.8, 4) is 45.3 Å². The summed E-state index contributed by atoms with van der Waals surface area (Å²) in [6.45, 7) is 0. The van der Waals surface area contributed by atoms with E-state index in [4.69, 9.17) is 20.9 Å². The Labute approximate surface area is 236 Å². The van der Waals surface area contributed by atoms with Gasteiger partial charge in [0.05, 0.1) is 0 Å². The van der Waals surface area contributed by atoms with Crippen LogP contribution >= 0.6 is 0 Å². The Morgan fingerprint density at radius 3 is 1.24 bits per heavy atom. The van der Waals surface area contributed by atoms with Crippen LogP contribution in [0.1, 0.15) is 11.1 Å². The first-order chi connectivity index (χ1) is 19.9. The highest BCUT2D eigenvalue weighted by Crippen LogP contribution is 2.42. The molecular weight excluding hydrogens is 558 g/mol. The van der Waals surface area contributed by atoms with Crippen molar-refractivity contribution in [1.82, 2.24) is 0 Å². The normalized spacial score (nSPS) is 11.8. The van der Waals surface area contributed by atoms with E-state index >= 15 is 0 Å². The molecular formula is C32H22F6N2O2. The average Bonchev–Trinajstić information content (AvgIpc) is 2.94. The molecule has 4 nitrogen and oxygen atoms in total. The third-order valence-corrected chi connectivity index (χ3v) is 6.29. The van der Waals surface area contributed by atoms with Gasteiger partial charge in [0, 0.05) is 11.4 Å². The van der Waals surface area contributed by atoms with Gasteiger partial charge in [-0.25, -0.2) is 0 Å². The van der Waals surface area contributed by atoms with Crippen LogP contribution in [0, 0.1) is 0 Å². The smallest absolute Gasteiger partial charge is 0.420 e. The number of halogens is 6. The van der Waals surface area contributed by atoms with Crippen LogP contribution in [-0.2, 0) is 12.4 Å². The number of nitrogens with two attached hydrogens (primary N) is 2. The van der Waals surface area contributed by atoms with Crippen LogP contribution < -0.4 is 20.9 Å². The third-order valence-electron chi connectivity index (χ3n) is 6.29. The number of benzene rings is 5. The Kier molecular flexibility index (Phi) is 7.47. The van der Waals surface area contributed by atoms with Crippen molar-refractivity contribution in [1.29, 1.82) is 0 Å². The van der Waals surface area contributed by atoms with E-state index in [9.17, 15) is 26.3 Å². The first kappa shape index (κ1) is 28.4. The number of alkyl halides is 6. The first-order valence-corrected chi connectivity index (χ1v) is 12.5. The van der Waals surface area contributed by atoms with E-state index in [0.29, 0.717) is 22.3 Å². The third kappa shape index (κ3) is 6.27. The number of hydrogen-bond donors (Lipinski definition) is 2. The summed E-state index contributed by atoms with van der Waals surface area (Å²) in [4.78, 5) is 0. The van der Waals surface area contributed by atoms with Crippen LogP contribution in [0.4, 0.5) is 37.7 Å². The summed E-state index contributed by atoms with van der Waals surface area (Å²) in [6, 6.07) is 26.9. The molecule has 0 fully saturated rings. The molecule has 0 atom stereocenters. The number of hydrogen-bond acceptors (Lipinski definition) is 4. The molecule has 5 rings (SSSR count). The van der Waals surface area contributed by atoms with Crippen LogP contribution in [-0.4, -0.2) is 0 Å². The molecule has 0 bridgehead atoms. The molecule has 0 radical (unpaired) electrons. The molecule has 0 amide bonds. The molecule has 42 heavy (non-hydrogen) atoms. The summed E-state index contributed by atoms with van der Waals surface area (Å²) in [6.07, 6.45) is -9.34. The predicted octanol–water partition coefficient (Wildman–Crippen LogP) is 9.81. The number of anilines is 2. The van der Waals surface area contributed by atoms with Gasteiger partial charge in [-0.15, -0.1) is 0 Å². The zero-order valence-electron chi connectivity index (χ0n) is 21.6. The largest absolute Gasteiger partial charge is 0.457 e. The second kappa shape index (κ2) is 11.0. The van der Waals surface area contributed by atoms with E-state index in [1.54, 1.807) is 48.5 Å². The van der Waals surface area contributed by atoms with E-state index in [2.05, 4.69) is 0 Å². The second-order valence-corrected chi connectivity index (χ2v) is 9.31. The lowest BCUT2D eigenvalue weighted by Gasteiger charge is -2.16. The number of rotatable bonds is 6. The van der Waals surface area contributed by atoms with Crippen LogP contribution in [0.5, 0.6) is 23.0 Å². The molecule has 0 aromatic heterocycles. The van der Waals surface area contributed by atoms with Gasteiger partial charge < -0.3 is 20.9 Å². The van der Waals surface area contributed by atoms with Gasteiger partial charge in [0.2, 0.25) is 0 Å². The molecule has 214 valence electrons. The Bertz CT molecular complexity index is 1620. The van der Waals surface area contributed by atoms with E-state index in [1.165, 1.54) is 24.3 Å². The van der Waals surface area contributed by atoms with Crippen molar-refractivity contribution in [2.45, 2.75) is 12.4 Å². The van der Waals surface area contributed by atoms with E-state index in [0.717, 1.165) is 24.3 Å². The summed E-state index contributed by atoms with van der Waals surface area (Å²) in [5.41, 5.74) is 11.7. The highest BCUT2D eigenvalue weighted by atomic mass is 19.4. The van der Waals surface area contributed by atoms with Crippen molar-refractivity contribution in [2.75, 3.05) is 11.5 Å². The van der Waals surface area contributed by atoms with Gasteiger partial charge >= 0.3 is 12.4 Å². The monoisotopic (exact) mass is 580 g/mol. The topological polar surface area (TPSA) is 70.5 Å². The van der Waals surface area contributed by atoms with Crippen molar-refractivity contribution in [3.63, 3.8) is 0 Å². The molecule has 5 aromatic carbocycles. The number of nitrogen functional groups attached to an aromatic ring is 2. The molecule has 5 aromatic rings. The highest BCUT2D eigenvalue weighted by Gasteiger charge is 2.35. The summed E-state index contributed by atoms with van der Waals surface area (Å²) in [5, 5.41) is 0. The van der Waals surface area contributed by atoms with Crippen molar-refractivity contribution < 1.29 is 35.8 Å². The van der Waals surface area contributed by atoms with E-state index in [-0.39, 0.29) is 22.9 Å². The first-order valence-electron chi connectivity index (χ1n) is 12.5. The molecule has 0 aliphatic rings. The summed E-state index contributed by atoms with van der Waals surface area (Å²) < 4.78 is 92.7. The van der Waals surface area contributed by atoms with Gasteiger partial charge in [-0.05, 0) is 82.9 Å². The minimum absolute atomic E-state index is 0.0467. The standard InChI is InChI=1S/C32H22F6N2O2/c33-31(34,35)27-17-21(39)11-13-29(27)41-23-7-3-5-19(15-23)25-9-1-2-10-26(25)20-6-4-8-24(16-20)42-30-14-12-22(40)18-28(30)32(36,37)38/h1-18H,39-40H2. The lowest BCUT2D eigenvalue weighted by Crippen LogP contribution is -2.08. The fourth-order valence-corrected chi connectivity index (χ4v) is 4.41. The fraction of sp³-hybridized carbons (Fsp3) is 0.0625. The van der Waals surface area contributed by atoms with Gasteiger partial charge in [0.15, 0.2) is 0 Å². The highest BCUT2D eigenvalue weighted by molar-refractivity contribution is 5.84. The van der Waals surface area contributed by atoms with Gasteiger partial charge in [-0.1, -0.05) is 48.5 Å². The van der Waals surface area contributed by atoms with Crippen LogP contribution in [0.2, 0.25) is 0 Å². The molecule has 4 N–H and O–H groups in total. The zero-order valence-corrected chi connectivity index (χ0v) is 21.6. The molecule has 0 saturated carbocycles. The Morgan fingerprint density at radius 1 is 0.452 bits per heavy atom. The maximum absolute atomic E-state index is 13.6. The predicted molar refractivity (Wildman–Crippen MR) is 149 cm³/mol. The van der Waals surface area contributed by atoms with E-state index in [1.807, 2.05) is 12.1 Å². The SMILES string of the molecule is Nc1ccc(Oc2cccc(-c3ccccc3-c3cccc(Oc4ccc(N)cc4C(F)(F)F)c3)c2)c(C(F)(F)F)c1. The molecule has 0 aliphatic carbocycles. The van der Waals surface area contributed by atoms with Crippen LogP contribution in [0.15, 0.2) is 109 Å². The van der Waals surface area contributed by atoms with E-state index < -0.39 is 35.0 Å². The minimum Gasteiger partial charge on any atom is -0.457 e. The Balaban J connectivity index is 1.48. The van der Waals surface area contributed by atoms with Gasteiger partial charge in [0.1, 0.15) is 34.1 Å². The molecule has 0 unspecified atom stereocenters. The number of ether oxygens (including phenoxy) is 2. The molecule has 0 heterocycles. The average molecular weight is 581 g/mol. The lowest BCUT2D eigenvalue weighted by atomic mass is 9.94. The molecule has 0 saturated heterocycles. The van der Waals surface area contributed by atoms with Crippen molar-refractivity contribution in [3.05, 3.63) is 120 Å². The lowest BCUT2D eigenvalue weighted by molar-refractivity contribution is -0.139. The van der Waals surface area contributed by atoms with Crippen LogP contribution in [0.25, 0.3) is 22.3 Å². The van der Waals surface area contributed by atoms with Gasteiger partial charge in [-0.2, -0.15) is 26.3 Å². The Hall–Kier alpha value is -5.12. The minimum atomic E-state index is -4.67. The summed E-state index contributed by atoms with van der Waals surface area (Å²) in [5.74, 6) is -0.462. The molecule has 0 spiro atoms. The maximum atomic E-state index is 13.6. The van der Waals surface area contributed by atoms with Crippen LogP contribution in [0.3, 0.4) is 0 Å². The van der Waals surface area contributed by atoms with Gasteiger partial charge in [-0.3, -0.25) is 0 Å². The Morgan fingerprint density at radius 2 is 0.857 bits per heavy atom. The van der Waals surface area contributed by atoms with Gasteiger partial charge in [0.25, 0.3) is 0 Å². The zero-order chi connectivity index (χ0) is 30.1.